The summed E-state index contributed by atoms with van der Waals surface area (Å²) in [5.74, 6) is 0.859. The van der Waals surface area contributed by atoms with Crippen molar-refractivity contribution in [2.75, 3.05) is 18.0 Å². The number of alkyl carbamates (subject to hydrolysis) is 1. The van der Waals surface area contributed by atoms with Gasteiger partial charge in [-0.3, -0.25) is 0 Å². The summed E-state index contributed by atoms with van der Waals surface area (Å²) in [4.78, 5) is 23.5. The summed E-state index contributed by atoms with van der Waals surface area (Å²) < 4.78 is 7.22. The maximum absolute atomic E-state index is 12.1. The van der Waals surface area contributed by atoms with Gasteiger partial charge in [-0.05, 0) is 52.2 Å². The highest BCUT2D eigenvalue weighted by molar-refractivity contribution is 5.88. The molecule has 1 saturated heterocycles. The van der Waals surface area contributed by atoms with Gasteiger partial charge in [0.25, 0.3) is 0 Å². The Kier molecular flexibility index (Phi) is 5.57. The molecular weight excluding hydrogens is 380 g/mol. The molecule has 1 N–H and O–H groups in total. The third-order valence-corrected chi connectivity index (χ3v) is 5.13. The number of para-hydroxylation sites is 1. The van der Waals surface area contributed by atoms with E-state index in [0.717, 1.165) is 48.3 Å². The lowest BCUT2D eigenvalue weighted by molar-refractivity contribution is 0.0523. The number of amides is 1. The molecule has 1 amide bonds. The predicted octanol–water partition coefficient (Wildman–Crippen LogP) is 3.70. The fourth-order valence-corrected chi connectivity index (χ4v) is 3.83. The molecule has 8 heteroatoms. The summed E-state index contributed by atoms with van der Waals surface area (Å²) in [5, 5.41) is 8.39. The minimum atomic E-state index is -0.513. The Bertz CT molecular complexity index is 1010. The zero-order valence-electron chi connectivity index (χ0n) is 17.7. The number of fused-ring (bicyclic) bond motifs is 1. The minimum Gasteiger partial charge on any atom is -0.444 e. The Hall–Kier alpha value is -3.16. The molecule has 1 atom stereocenters. The molecule has 0 spiro atoms. The van der Waals surface area contributed by atoms with Crippen molar-refractivity contribution in [2.45, 2.75) is 51.7 Å². The molecule has 0 saturated carbocycles. The highest BCUT2D eigenvalue weighted by Gasteiger charge is 2.27. The van der Waals surface area contributed by atoms with Crippen LogP contribution in [-0.2, 0) is 4.74 Å². The first-order valence-electron chi connectivity index (χ1n) is 10.4. The first-order chi connectivity index (χ1) is 14.4. The molecular formula is C22H28N6O2. The van der Waals surface area contributed by atoms with Gasteiger partial charge in [0.05, 0.1) is 17.3 Å². The highest BCUT2D eigenvalue weighted by atomic mass is 16.6. The van der Waals surface area contributed by atoms with Crippen LogP contribution in [-0.4, -0.2) is 50.6 Å². The molecule has 2 aromatic heterocycles. The number of hydrogen-bond acceptors (Lipinski definition) is 6. The summed E-state index contributed by atoms with van der Waals surface area (Å²) >= 11 is 0. The number of carbonyl (C=O) groups is 1. The van der Waals surface area contributed by atoms with E-state index in [1.165, 1.54) is 0 Å². The quantitative estimate of drug-likeness (QED) is 0.709. The number of ether oxygens (including phenoxy) is 1. The van der Waals surface area contributed by atoms with Crippen LogP contribution >= 0.6 is 0 Å². The Morgan fingerprint density at radius 1 is 1.20 bits per heavy atom. The van der Waals surface area contributed by atoms with Gasteiger partial charge in [0.15, 0.2) is 5.65 Å². The number of carbonyl (C=O) groups excluding carboxylic acids is 1. The van der Waals surface area contributed by atoms with Crippen molar-refractivity contribution in [1.29, 1.82) is 0 Å². The van der Waals surface area contributed by atoms with Crippen LogP contribution in [0.25, 0.3) is 16.7 Å². The molecule has 1 aliphatic rings. The van der Waals surface area contributed by atoms with E-state index in [4.69, 9.17) is 4.74 Å². The Labute approximate surface area is 176 Å². The van der Waals surface area contributed by atoms with E-state index in [-0.39, 0.29) is 6.04 Å². The van der Waals surface area contributed by atoms with Gasteiger partial charge < -0.3 is 15.0 Å². The fraction of sp³-hybridized carbons (Fsp3) is 0.455. The van der Waals surface area contributed by atoms with Gasteiger partial charge in [0, 0.05) is 19.1 Å². The lowest BCUT2D eigenvalue weighted by atomic mass is 10.0. The lowest BCUT2D eigenvalue weighted by Gasteiger charge is -2.37. The lowest BCUT2D eigenvalue weighted by Crippen LogP contribution is -2.48. The largest absolute Gasteiger partial charge is 0.444 e. The number of aromatic nitrogens is 4. The predicted molar refractivity (Wildman–Crippen MR) is 116 cm³/mol. The summed E-state index contributed by atoms with van der Waals surface area (Å²) in [6, 6.07) is 10.1. The molecule has 158 valence electrons. The van der Waals surface area contributed by atoms with Gasteiger partial charge in [0.1, 0.15) is 17.7 Å². The molecule has 1 aliphatic heterocycles. The van der Waals surface area contributed by atoms with E-state index in [1.807, 2.05) is 62.0 Å². The first kappa shape index (κ1) is 20.1. The van der Waals surface area contributed by atoms with Gasteiger partial charge >= 0.3 is 6.09 Å². The van der Waals surface area contributed by atoms with E-state index in [2.05, 4.69) is 25.3 Å². The molecule has 8 nitrogen and oxygen atoms in total. The topological polar surface area (TPSA) is 85.2 Å². The molecule has 0 radical (unpaired) electrons. The Balaban J connectivity index is 1.58. The summed E-state index contributed by atoms with van der Waals surface area (Å²) in [6.45, 7) is 6.97. The molecule has 3 heterocycles. The molecule has 1 fully saturated rings. The van der Waals surface area contributed by atoms with Crippen LogP contribution in [0.4, 0.5) is 10.6 Å². The molecule has 3 aromatic rings. The fourth-order valence-electron chi connectivity index (χ4n) is 3.83. The molecule has 0 bridgehead atoms. The first-order valence-corrected chi connectivity index (χ1v) is 10.4. The van der Waals surface area contributed by atoms with Crippen molar-refractivity contribution in [1.82, 2.24) is 25.1 Å². The SMILES string of the molecule is CC(C)(C)OC(=O)NCC1CCCCN1c1ncnc2c1cnn2-c1ccccc1. The van der Waals surface area contributed by atoms with Crippen molar-refractivity contribution < 1.29 is 9.53 Å². The molecule has 1 unspecified atom stereocenters. The normalized spacial score (nSPS) is 17.2. The Morgan fingerprint density at radius 2 is 2.00 bits per heavy atom. The van der Waals surface area contributed by atoms with Crippen molar-refractivity contribution in [3.05, 3.63) is 42.9 Å². The van der Waals surface area contributed by atoms with E-state index in [1.54, 1.807) is 6.33 Å². The Morgan fingerprint density at radius 3 is 2.77 bits per heavy atom. The van der Waals surface area contributed by atoms with E-state index in [0.29, 0.717) is 6.54 Å². The van der Waals surface area contributed by atoms with Crippen molar-refractivity contribution in [3.63, 3.8) is 0 Å². The smallest absolute Gasteiger partial charge is 0.407 e. The summed E-state index contributed by atoms with van der Waals surface area (Å²) in [7, 11) is 0. The second-order valence-electron chi connectivity index (χ2n) is 8.55. The second kappa shape index (κ2) is 8.30. The number of piperidine rings is 1. The monoisotopic (exact) mass is 408 g/mol. The maximum Gasteiger partial charge on any atom is 0.407 e. The molecule has 1 aromatic carbocycles. The summed E-state index contributed by atoms with van der Waals surface area (Å²) in [6.07, 6.45) is 6.21. The third-order valence-electron chi connectivity index (χ3n) is 5.13. The van der Waals surface area contributed by atoms with Crippen molar-refractivity contribution in [2.24, 2.45) is 0 Å². The number of nitrogens with one attached hydrogen (secondary N) is 1. The number of anilines is 1. The van der Waals surface area contributed by atoms with E-state index >= 15 is 0 Å². The van der Waals surface area contributed by atoms with Gasteiger partial charge in [0.2, 0.25) is 0 Å². The maximum atomic E-state index is 12.1. The summed E-state index contributed by atoms with van der Waals surface area (Å²) in [5.41, 5.74) is 1.22. The minimum absolute atomic E-state index is 0.143. The van der Waals surface area contributed by atoms with Gasteiger partial charge in [-0.25, -0.2) is 19.4 Å². The molecule has 30 heavy (non-hydrogen) atoms. The van der Waals surface area contributed by atoms with Crippen LogP contribution < -0.4 is 10.2 Å². The number of benzene rings is 1. The van der Waals surface area contributed by atoms with Gasteiger partial charge in [-0.15, -0.1) is 0 Å². The van der Waals surface area contributed by atoms with Crippen molar-refractivity contribution >= 4 is 22.9 Å². The number of hydrogen-bond donors (Lipinski definition) is 1. The van der Waals surface area contributed by atoms with Crippen LogP contribution in [0.1, 0.15) is 40.0 Å². The second-order valence-corrected chi connectivity index (χ2v) is 8.55. The van der Waals surface area contributed by atoms with Gasteiger partial charge in [-0.1, -0.05) is 18.2 Å². The van der Waals surface area contributed by atoms with Crippen LogP contribution in [0.3, 0.4) is 0 Å². The standard InChI is InChI=1S/C22H28N6O2/c1-22(2,3)30-21(29)23-13-17-11-7-8-12-27(17)19-18-14-26-28(20(18)25-15-24-19)16-9-5-4-6-10-16/h4-6,9-10,14-15,17H,7-8,11-13H2,1-3H3,(H,23,29). The van der Waals surface area contributed by atoms with Crippen LogP contribution in [0.5, 0.6) is 0 Å². The highest BCUT2D eigenvalue weighted by Crippen LogP contribution is 2.29. The molecule has 0 aliphatic carbocycles. The average Bonchev–Trinajstić information content (AvgIpc) is 3.16. The third kappa shape index (κ3) is 4.37. The number of rotatable bonds is 4. The molecule has 4 rings (SSSR count). The number of nitrogens with zero attached hydrogens (tertiary/aromatic N) is 5. The van der Waals surface area contributed by atoms with Crippen molar-refractivity contribution in [3.8, 4) is 5.69 Å². The van der Waals surface area contributed by atoms with E-state index < -0.39 is 11.7 Å². The van der Waals surface area contributed by atoms with Crippen LogP contribution in [0.15, 0.2) is 42.9 Å². The van der Waals surface area contributed by atoms with Gasteiger partial charge in [-0.2, -0.15) is 5.10 Å². The van der Waals surface area contributed by atoms with Crippen LogP contribution in [0.2, 0.25) is 0 Å². The zero-order valence-corrected chi connectivity index (χ0v) is 17.7. The average molecular weight is 409 g/mol. The zero-order chi connectivity index (χ0) is 21.1. The van der Waals surface area contributed by atoms with Crippen LogP contribution in [0, 0.1) is 0 Å². The van der Waals surface area contributed by atoms with E-state index in [9.17, 15) is 4.79 Å².